The third-order valence-electron chi connectivity index (χ3n) is 3.82. The van der Waals surface area contributed by atoms with E-state index in [4.69, 9.17) is 9.97 Å². The first-order chi connectivity index (χ1) is 11.9. The number of benzene rings is 2. The summed E-state index contributed by atoms with van der Waals surface area (Å²) in [4.78, 5) is 13.6. The summed E-state index contributed by atoms with van der Waals surface area (Å²) >= 11 is 0. The lowest BCUT2D eigenvalue weighted by Crippen LogP contribution is -2.04. The van der Waals surface area contributed by atoms with E-state index in [0.29, 0.717) is 6.54 Å². The number of pyridine rings is 1. The number of rotatable bonds is 4. The summed E-state index contributed by atoms with van der Waals surface area (Å²) in [6, 6.07) is 22.1. The number of nitrogens with one attached hydrogen (secondary N) is 1. The van der Waals surface area contributed by atoms with Crippen molar-refractivity contribution in [2.24, 2.45) is 0 Å². The van der Waals surface area contributed by atoms with Gasteiger partial charge in [0.1, 0.15) is 5.82 Å². The van der Waals surface area contributed by atoms with Crippen molar-refractivity contribution < 1.29 is 0 Å². The summed E-state index contributed by atoms with van der Waals surface area (Å²) in [6.07, 6.45) is 3.63. The van der Waals surface area contributed by atoms with Crippen molar-refractivity contribution in [1.29, 1.82) is 0 Å². The Hall–Kier alpha value is -2.98. The highest BCUT2D eigenvalue weighted by atomic mass is 35.5. The van der Waals surface area contributed by atoms with E-state index in [0.717, 1.165) is 33.7 Å². The molecule has 25 heavy (non-hydrogen) atoms. The smallest absolute Gasteiger partial charge is 0.162 e. The van der Waals surface area contributed by atoms with Crippen molar-refractivity contribution in [3.05, 3.63) is 84.7 Å². The Balaban J connectivity index is 0.00000182. The maximum atomic E-state index is 4.74. The largest absolute Gasteiger partial charge is 0.365 e. The minimum atomic E-state index is 0. The molecule has 4 nitrogen and oxygen atoms in total. The normalized spacial score (nSPS) is 10.2. The van der Waals surface area contributed by atoms with Crippen molar-refractivity contribution in [3.63, 3.8) is 0 Å². The average molecular weight is 349 g/mol. The number of hydrogen-bond acceptors (Lipinski definition) is 4. The van der Waals surface area contributed by atoms with Crippen LogP contribution in [0.1, 0.15) is 5.56 Å². The molecule has 0 bridgehead atoms. The van der Waals surface area contributed by atoms with Crippen molar-refractivity contribution in [2.45, 2.75) is 6.54 Å². The van der Waals surface area contributed by atoms with Crippen molar-refractivity contribution in [1.82, 2.24) is 15.0 Å². The van der Waals surface area contributed by atoms with E-state index in [2.05, 4.69) is 10.3 Å². The van der Waals surface area contributed by atoms with Crippen LogP contribution in [0.15, 0.2) is 79.1 Å². The molecular formula is C20H17ClN4. The zero-order valence-corrected chi connectivity index (χ0v) is 14.3. The van der Waals surface area contributed by atoms with Crippen LogP contribution in [0.5, 0.6) is 0 Å². The lowest BCUT2D eigenvalue weighted by Gasteiger charge is -2.11. The van der Waals surface area contributed by atoms with Crippen LogP contribution in [0.2, 0.25) is 0 Å². The van der Waals surface area contributed by atoms with E-state index in [-0.39, 0.29) is 12.4 Å². The molecule has 2 heterocycles. The molecule has 1 N–H and O–H groups in total. The van der Waals surface area contributed by atoms with E-state index in [1.807, 2.05) is 72.9 Å². The lowest BCUT2D eigenvalue weighted by atomic mass is 10.2. The minimum absolute atomic E-state index is 0. The summed E-state index contributed by atoms with van der Waals surface area (Å²) in [5, 5.41) is 4.44. The number of nitrogens with zero attached hydrogens (tertiary/aromatic N) is 3. The predicted octanol–water partition coefficient (Wildman–Crippen LogP) is 4.73. The highest BCUT2D eigenvalue weighted by molar-refractivity contribution is 5.90. The first-order valence-electron chi connectivity index (χ1n) is 7.85. The zero-order valence-electron chi connectivity index (χ0n) is 13.5. The Labute approximate surface area is 152 Å². The average Bonchev–Trinajstić information content (AvgIpc) is 2.67. The summed E-state index contributed by atoms with van der Waals surface area (Å²) in [5.41, 5.74) is 3.05. The van der Waals surface area contributed by atoms with E-state index < -0.39 is 0 Å². The third-order valence-corrected chi connectivity index (χ3v) is 3.82. The summed E-state index contributed by atoms with van der Waals surface area (Å²) in [5.74, 6) is 1.56. The Bertz CT molecular complexity index is 959. The molecule has 0 amide bonds. The van der Waals surface area contributed by atoms with Gasteiger partial charge in [-0.25, -0.2) is 9.97 Å². The van der Waals surface area contributed by atoms with Gasteiger partial charge in [0.2, 0.25) is 0 Å². The molecule has 0 saturated carbocycles. The van der Waals surface area contributed by atoms with Gasteiger partial charge in [0.05, 0.1) is 5.52 Å². The molecule has 4 aromatic rings. The van der Waals surface area contributed by atoms with Crippen LogP contribution in [0.4, 0.5) is 5.82 Å². The van der Waals surface area contributed by atoms with E-state index in [1.54, 1.807) is 6.20 Å². The number of aromatic nitrogens is 3. The Morgan fingerprint density at radius 2 is 1.60 bits per heavy atom. The van der Waals surface area contributed by atoms with Crippen LogP contribution < -0.4 is 5.32 Å². The highest BCUT2D eigenvalue weighted by Gasteiger charge is 2.08. The van der Waals surface area contributed by atoms with Gasteiger partial charge in [0.15, 0.2) is 5.82 Å². The van der Waals surface area contributed by atoms with Gasteiger partial charge < -0.3 is 5.32 Å². The molecule has 0 atom stereocenters. The molecule has 0 fully saturated rings. The molecule has 0 aliphatic heterocycles. The SMILES string of the molecule is Cl.c1ccc(-c2nc(NCc3cccnc3)c3ccccc3n2)cc1. The molecule has 0 unspecified atom stereocenters. The van der Waals surface area contributed by atoms with Crippen LogP contribution in [-0.4, -0.2) is 15.0 Å². The van der Waals surface area contributed by atoms with Crippen LogP contribution in [0, 0.1) is 0 Å². The van der Waals surface area contributed by atoms with Gasteiger partial charge in [-0.15, -0.1) is 12.4 Å². The first kappa shape index (κ1) is 16.9. The molecule has 2 aromatic heterocycles. The predicted molar refractivity (Wildman–Crippen MR) is 104 cm³/mol. The number of anilines is 1. The van der Waals surface area contributed by atoms with Crippen LogP contribution in [0.25, 0.3) is 22.3 Å². The third kappa shape index (κ3) is 3.75. The Morgan fingerprint density at radius 1 is 0.800 bits per heavy atom. The minimum Gasteiger partial charge on any atom is -0.365 e. The fourth-order valence-corrected chi connectivity index (χ4v) is 2.62. The molecule has 5 heteroatoms. The summed E-state index contributed by atoms with van der Waals surface area (Å²) in [7, 11) is 0. The second-order valence-electron chi connectivity index (χ2n) is 5.49. The number of para-hydroxylation sites is 1. The van der Waals surface area contributed by atoms with Crippen LogP contribution in [-0.2, 0) is 6.54 Å². The molecule has 4 rings (SSSR count). The molecule has 0 radical (unpaired) electrons. The molecule has 0 aliphatic rings. The van der Waals surface area contributed by atoms with E-state index in [9.17, 15) is 0 Å². The van der Waals surface area contributed by atoms with Crippen molar-refractivity contribution in [3.8, 4) is 11.4 Å². The van der Waals surface area contributed by atoms with Gasteiger partial charge in [-0.2, -0.15) is 0 Å². The van der Waals surface area contributed by atoms with Gasteiger partial charge in [-0.1, -0.05) is 48.5 Å². The van der Waals surface area contributed by atoms with Gasteiger partial charge in [0.25, 0.3) is 0 Å². The van der Waals surface area contributed by atoms with Gasteiger partial charge in [-0.05, 0) is 23.8 Å². The van der Waals surface area contributed by atoms with Gasteiger partial charge in [-0.3, -0.25) is 4.98 Å². The summed E-state index contributed by atoms with van der Waals surface area (Å²) in [6.45, 7) is 0.670. The monoisotopic (exact) mass is 348 g/mol. The molecule has 2 aromatic carbocycles. The van der Waals surface area contributed by atoms with E-state index in [1.165, 1.54) is 0 Å². The quantitative estimate of drug-likeness (QED) is 0.579. The maximum absolute atomic E-state index is 4.74. The van der Waals surface area contributed by atoms with Crippen molar-refractivity contribution >= 4 is 29.1 Å². The lowest BCUT2D eigenvalue weighted by molar-refractivity contribution is 1.08. The fourth-order valence-electron chi connectivity index (χ4n) is 2.62. The first-order valence-corrected chi connectivity index (χ1v) is 7.85. The van der Waals surface area contributed by atoms with Crippen LogP contribution >= 0.6 is 12.4 Å². The molecule has 124 valence electrons. The van der Waals surface area contributed by atoms with Crippen LogP contribution in [0.3, 0.4) is 0 Å². The molecule has 0 spiro atoms. The van der Waals surface area contributed by atoms with Gasteiger partial charge in [0, 0.05) is 29.9 Å². The van der Waals surface area contributed by atoms with Gasteiger partial charge >= 0.3 is 0 Å². The summed E-state index contributed by atoms with van der Waals surface area (Å²) < 4.78 is 0. The number of halogens is 1. The second-order valence-corrected chi connectivity index (χ2v) is 5.49. The molecule has 0 aliphatic carbocycles. The number of hydrogen-bond donors (Lipinski definition) is 1. The Kier molecular flexibility index (Phi) is 5.21. The second kappa shape index (κ2) is 7.73. The van der Waals surface area contributed by atoms with E-state index >= 15 is 0 Å². The topological polar surface area (TPSA) is 50.7 Å². The number of fused-ring (bicyclic) bond motifs is 1. The molecule has 0 saturated heterocycles. The molecular weight excluding hydrogens is 332 g/mol. The Morgan fingerprint density at radius 3 is 2.40 bits per heavy atom. The zero-order chi connectivity index (χ0) is 16.2. The van der Waals surface area contributed by atoms with Crippen molar-refractivity contribution in [2.75, 3.05) is 5.32 Å². The maximum Gasteiger partial charge on any atom is 0.162 e. The highest BCUT2D eigenvalue weighted by Crippen LogP contribution is 2.25. The standard InChI is InChI=1S/C20H16N4.ClH/c1-2-8-16(9-3-1)19-23-18-11-5-4-10-17(18)20(24-19)22-14-15-7-6-12-21-13-15;/h1-13H,14H2,(H,22,23,24);1H. The fraction of sp³-hybridized carbons (Fsp3) is 0.0500.